The van der Waals surface area contributed by atoms with Gasteiger partial charge in [-0.3, -0.25) is 9.36 Å². The van der Waals surface area contributed by atoms with Crippen LogP contribution in [0.3, 0.4) is 0 Å². The lowest BCUT2D eigenvalue weighted by atomic mass is 10.2. The third-order valence-electron chi connectivity index (χ3n) is 2.70. The number of H-pyrrole nitrogens is 1. The Kier molecular flexibility index (Phi) is 4.29. The first kappa shape index (κ1) is 13.7. The number of benzene rings is 1. The first-order valence-electron chi connectivity index (χ1n) is 6.03. The molecule has 100 valence electrons. The van der Waals surface area contributed by atoms with Crippen LogP contribution in [0, 0.1) is 4.77 Å². The molecule has 0 atom stereocenters. The zero-order chi connectivity index (χ0) is 13.8. The Morgan fingerprint density at radius 2 is 2.21 bits per heavy atom. The molecule has 0 bridgehead atoms. The molecule has 19 heavy (non-hydrogen) atoms. The third-order valence-corrected chi connectivity index (χ3v) is 3.02. The highest BCUT2D eigenvalue weighted by molar-refractivity contribution is 7.71. The number of hydrogen-bond donors (Lipinski definition) is 1. The summed E-state index contributed by atoms with van der Waals surface area (Å²) in [5.41, 5.74) is 1.63. The van der Waals surface area contributed by atoms with Crippen LogP contribution in [0.1, 0.15) is 6.92 Å². The predicted octanol–water partition coefficient (Wildman–Crippen LogP) is 2.65. The van der Waals surface area contributed by atoms with E-state index in [0.29, 0.717) is 29.9 Å². The summed E-state index contributed by atoms with van der Waals surface area (Å²) in [5, 5.41) is 0.635. The average Bonchev–Trinajstić information content (AvgIpc) is 2.37. The fraction of sp³-hybridized carbons (Fsp3) is 0.286. The molecule has 2 rings (SSSR count). The lowest BCUT2D eigenvalue weighted by Gasteiger charge is -2.08. The Bertz CT molecular complexity index is 715. The van der Waals surface area contributed by atoms with Crippen molar-refractivity contribution in [2.45, 2.75) is 13.5 Å². The van der Waals surface area contributed by atoms with Crippen LogP contribution < -0.4 is 5.56 Å². The van der Waals surface area contributed by atoms with Gasteiger partial charge in [0.25, 0.3) is 5.56 Å². The zero-order valence-corrected chi connectivity index (χ0v) is 11.6. The minimum Gasteiger partial charge on any atom is -0.375 e. The molecule has 0 aliphatic carbocycles. The maximum atomic E-state index is 12.3. The van der Waals surface area contributed by atoms with E-state index in [9.17, 15) is 4.79 Å². The fourth-order valence-corrected chi connectivity index (χ4v) is 2.09. The fourth-order valence-electron chi connectivity index (χ4n) is 1.80. The number of aromatic nitrogens is 2. The molecule has 0 aliphatic heterocycles. The lowest BCUT2D eigenvalue weighted by molar-refractivity contribution is 0.146. The molecule has 0 spiro atoms. The molecule has 0 saturated carbocycles. The maximum absolute atomic E-state index is 12.3. The van der Waals surface area contributed by atoms with E-state index in [4.69, 9.17) is 17.0 Å². The summed E-state index contributed by atoms with van der Waals surface area (Å²) in [6.07, 6.45) is 0. The molecule has 1 heterocycles. The molecule has 0 fully saturated rings. The second kappa shape index (κ2) is 5.95. The van der Waals surface area contributed by atoms with Gasteiger partial charge in [0.05, 0.1) is 30.7 Å². The van der Waals surface area contributed by atoms with Crippen molar-refractivity contribution in [1.82, 2.24) is 9.55 Å². The van der Waals surface area contributed by atoms with Crippen molar-refractivity contribution >= 4 is 23.1 Å². The minimum atomic E-state index is -0.0849. The average molecular weight is 276 g/mol. The molecular formula is C14H16N2O2S. The highest BCUT2D eigenvalue weighted by Crippen LogP contribution is 2.05. The number of hydrogen-bond acceptors (Lipinski definition) is 3. The summed E-state index contributed by atoms with van der Waals surface area (Å²) in [7, 11) is 0. The molecule has 1 N–H and O–H groups in total. The summed E-state index contributed by atoms with van der Waals surface area (Å²) < 4.78 is 7.34. The van der Waals surface area contributed by atoms with Gasteiger partial charge in [-0.1, -0.05) is 24.3 Å². The molecule has 0 radical (unpaired) electrons. The van der Waals surface area contributed by atoms with E-state index in [-0.39, 0.29) is 5.56 Å². The monoisotopic (exact) mass is 276 g/mol. The predicted molar refractivity (Wildman–Crippen MR) is 79.0 cm³/mol. The van der Waals surface area contributed by atoms with E-state index in [2.05, 4.69) is 11.6 Å². The van der Waals surface area contributed by atoms with Gasteiger partial charge in [0.15, 0.2) is 4.77 Å². The van der Waals surface area contributed by atoms with Crippen molar-refractivity contribution in [2.24, 2.45) is 0 Å². The van der Waals surface area contributed by atoms with Crippen LogP contribution >= 0.6 is 12.2 Å². The van der Waals surface area contributed by atoms with Crippen molar-refractivity contribution in [2.75, 3.05) is 13.2 Å². The van der Waals surface area contributed by atoms with E-state index in [1.54, 1.807) is 6.07 Å². The van der Waals surface area contributed by atoms with E-state index in [1.165, 1.54) is 4.57 Å². The van der Waals surface area contributed by atoms with Gasteiger partial charge in [0, 0.05) is 0 Å². The van der Waals surface area contributed by atoms with Crippen molar-refractivity contribution in [3.63, 3.8) is 0 Å². The number of para-hydroxylation sites is 1. The zero-order valence-electron chi connectivity index (χ0n) is 10.8. The quantitative estimate of drug-likeness (QED) is 0.519. The van der Waals surface area contributed by atoms with Gasteiger partial charge in [-0.2, -0.15) is 0 Å². The Hall–Kier alpha value is -1.72. The molecule has 0 saturated heterocycles. The molecule has 0 amide bonds. The Morgan fingerprint density at radius 3 is 2.95 bits per heavy atom. The molecule has 4 nitrogen and oxygen atoms in total. The van der Waals surface area contributed by atoms with E-state index in [0.717, 1.165) is 11.1 Å². The van der Waals surface area contributed by atoms with Crippen LogP contribution in [-0.4, -0.2) is 22.8 Å². The van der Waals surface area contributed by atoms with Crippen molar-refractivity contribution < 1.29 is 4.74 Å². The van der Waals surface area contributed by atoms with Crippen molar-refractivity contribution in [1.29, 1.82) is 0 Å². The standard InChI is InChI=1S/C14H16N2O2S/c1-10(2)9-18-8-7-16-13(17)11-5-3-4-6-12(11)15-14(16)19/h3-6H,1,7-9H2,2H3,(H,15,19). The largest absolute Gasteiger partial charge is 0.375 e. The molecular weight excluding hydrogens is 260 g/mol. The van der Waals surface area contributed by atoms with Gasteiger partial charge >= 0.3 is 0 Å². The number of aromatic amines is 1. The second-order valence-electron chi connectivity index (χ2n) is 4.44. The van der Waals surface area contributed by atoms with Crippen molar-refractivity contribution in [3.05, 3.63) is 51.5 Å². The number of nitrogens with one attached hydrogen (secondary N) is 1. The summed E-state index contributed by atoms with van der Waals surface area (Å²) in [4.78, 5) is 15.3. The summed E-state index contributed by atoms with van der Waals surface area (Å²) in [6, 6.07) is 7.33. The van der Waals surface area contributed by atoms with Crippen molar-refractivity contribution in [3.8, 4) is 0 Å². The summed E-state index contributed by atoms with van der Waals surface area (Å²) >= 11 is 5.20. The highest BCUT2D eigenvalue weighted by atomic mass is 32.1. The topological polar surface area (TPSA) is 47.0 Å². The highest BCUT2D eigenvalue weighted by Gasteiger charge is 2.04. The van der Waals surface area contributed by atoms with Gasteiger partial charge in [-0.05, 0) is 31.3 Å². The molecule has 5 heteroatoms. The van der Waals surface area contributed by atoms with Crippen LogP contribution in [0.4, 0.5) is 0 Å². The number of nitrogens with zero attached hydrogens (tertiary/aromatic N) is 1. The Morgan fingerprint density at radius 1 is 1.47 bits per heavy atom. The normalized spacial score (nSPS) is 10.8. The van der Waals surface area contributed by atoms with Crippen LogP contribution in [0.15, 0.2) is 41.2 Å². The van der Waals surface area contributed by atoms with Gasteiger partial charge < -0.3 is 9.72 Å². The smallest absolute Gasteiger partial charge is 0.262 e. The third kappa shape index (κ3) is 3.19. The van der Waals surface area contributed by atoms with Crippen LogP contribution in [-0.2, 0) is 11.3 Å². The minimum absolute atomic E-state index is 0.0849. The lowest BCUT2D eigenvalue weighted by Crippen LogP contribution is -2.24. The van der Waals surface area contributed by atoms with Crippen LogP contribution in [0.2, 0.25) is 0 Å². The molecule has 2 aromatic rings. The second-order valence-corrected chi connectivity index (χ2v) is 4.83. The Labute approximate surface area is 116 Å². The number of fused-ring (bicyclic) bond motifs is 1. The van der Waals surface area contributed by atoms with E-state index in [1.807, 2.05) is 25.1 Å². The molecule has 0 unspecified atom stereocenters. The first-order valence-corrected chi connectivity index (χ1v) is 6.44. The van der Waals surface area contributed by atoms with E-state index >= 15 is 0 Å². The number of rotatable bonds is 5. The molecule has 1 aromatic heterocycles. The first-order chi connectivity index (χ1) is 9.09. The maximum Gasteiger partial charge on any atom is 0.262 e. The van der Waals surface area contributed by atoms with Crippen LogP contribution in [0.25, 0.3) is 10.9 Å². The molecule has 1 aromatic carbocycles. The van der Waals surface area contributed by atoms with E-state index < -0.39 is 0 Å². The molecule has 0 aliphatic rings. The van der Waals surface area contributed by atoms with Gasteiger partial charge in [0.2, 0.25) is 0 Å². The summed E-state index contributed by atoms with van der Waals surface area (Å²) in [6.45, 7) is 7.02. The Balaban J connectivity index is 2.26. The number of ether oxygens (including phenoxy) is 1. The van der Waals surface area contributed by atoms with Gasteiger partial charge in [-0.15, -0.1) is 0 Å². The summed E-state index contributed by atoms with van der Waals surface area (Å²) in [5.74, 6) is 0. The van der Waals surface area contributed by atoms with Gasteiger partial charge in [-0.25, -0.2) is 0 Å². The van der Waals surface area contributed by atoms with Gasteiger partial charge in [0.1, 0.15) is 0 Å². The SMILES string of the molecule is C=C(C)COCCn1c(=S)[nH]c2ccccc2c1=O. The van der Waals surface area contributed by atoms with Crippen LogP contribution in [0.5, 0.6) is 0 Å².